The van der Waals surface area contributed by atoms with E-state index in [1.807, 2.05) is 74.3 Å². The number of rotatable bonds is 8. The third-order valence-corrected chi connectivity index (χ3v) is 13.0. The smallest absolute Gasteiger partial charge is 0.407 e. The van der Waals surface area contributed by atoms with Crippen LogP contribution in [0.1, 0.15) is 108 Å². The summed E-state index contributed by atoms with van der Waals surface area (Å²) >= 11 is 0. The van der Waals surface area contributed by atoms with Crippen molar-refractivity contribution in [3.05, 3.63) is 71.4 Å². The van der Waals surface area contributed by atoms with Crippen molar-refractivity contribution < 1.29 is 23.9 Å². The fourth-order valence-corrected chi connectivity index (χ4v) is 9.02. The molecule has 2 aromatic carbocycles. The van der Waals surface area contributed by atoms with Crippen LogP contribution in [0.15, 0.2) is 48.7 Å². The zero-order valence-electron chi connectivity index (χ0n) is 34.0. The molecular weight excluding hydrogens is 719 g/mol. The van der Waals surface area contributed by atoms with Gasteiger partial charge < -0.3 is 34.6 Å². The Morgan fingerprint density at radius 1 is 0.860 bits per heavy atom. The van der Waals surface area contributed by atoms with Gasteiger partial charge in [0.15, 0.2) is 0 Å². The molecule has 5 heterocycles. The number of hydrogen-bond donors (Lipinski definition) is 3. The molecule has 1 saturated carbocycles. The molecule has 2 spiro atoms. The quantitative estimate of drug-likeness (QED) is 0.161. The first-order valence-electron chi connectivity index (χ1n) is 20.6. The van der Waals surface area contributed by atoms with Crippen LogP contribution in [-0.2, 0) is 19.1 Å². The highest BCUT2D eigenvalue weighted by molar-refractivity contribution is 5.86. The molecule has 3 N–H and O–H groups in total. The molecule has 4 aromatic rings. The Labute approximate surface area is 334 Å². The number of methoxy groups -OCH3 is 1. The zero-order valence-corrected chi connectivity index (χ0v) is 34.0. The molecular formula is C45H55N7O5. The number of aromatic amines is 2. The molecule has 8 rings (SSSR count). The van der Waals surface area contributed by atoms with Gasteiger partial charge in [-0.05, 0) is 91.7 Å². The standard InChI is InChI=1S/C45H55N7O5/c1-27(2)29(5)41(53)51-25-45(16-7-19-57-26-45)22-37(51)40-47-33-15-12-31(20-34(33)48-40)9-8-30-10-13-32(14-11-30)35-23-46-39(49-35)36-21-44(17-18-44)24-52(36)42(54)38(28(3)4)50-43(55)56-6/h10-15,20,23,27-29,36-38H,7,16-19,21-22,24-26H2,1-6H3,(H,46,49)(H,47,48)(H,50,55)/t29-,36-,37-,38-,45+/m0/s1. The number of carbonyl (C=O) groups excluding carboxylic acids is 3. The van der Waals surface area contributed by atoms with Crippen LogP contribution in [-0.4, -0.2) is 87.1 Å². The number of carbonyl (C=O) groups is 3. The number of benzene rings is 2. The van der Waals surface area contributed by atoms with Gasteiger partial charge in [-0.2, -0.15) is 0 Å². The minimum atomic E-state index is -0.682. The van der Waals surface area contributed by atoms with E-state index in [1.54, 1.807) is 0 Å². The Bertz CT molecular complexity index is 2200. The van der Waals surface area contributed by atoms with Gasteiger partial charge in [0.1, 0.15) is 17.7 Å². The van der Waals surface area contributed by atoms with Gasteiger partial charge in [0.25, 0.3) is 0 Å². The average Bonchev–Trinajstić information content (AvgIpc) is 3.61. The number of fused-ring (bicyclic) bond motifs is 1. The molecule has 57 heavy (non-hydrogen) atoms. The summed E-state index contributed by atoms with van der Waals surface area (Å²) in [5.41, 5.74) is 5.45. The first kappa shape index (κ1) is 38.7. The van der Waals surface area contributed by atoms with Gasteiger partial charge in [-0.3, -0.25) is 9.59 Å². The highest BCUT2D eigenvalue weighted by Crippen LogP contribution is 2.58. The van der Waals surface area contributed by atoms with Crippen LogP contribution in [0.2, 0.25) is 0 Å². The first-order valence-corrected chi connectivity index (χ1v) is 20.6. The molecule has 12 nitrogen and oxygen atoms in total. The van der Waals surface area contributed by atoms with Crippen LogP contribution in [0, 0.1) is 40.4 Å². The van der Waals surface area contributed by atoms with Crippen molar-refractivity contribution in [2.75, 3.05) is 33.4 Å². The fraction of sp³-hybridized carbons (Fsp3) is 0.533. The Kier molecular flexibility index (Phi) is 10.4. The van der Waals surface area contributed by atoms with Gasteiger partial charge in [0.05, 0.1) is 48.7 Å². The van der Waals surface area contributed by atoms with E-state index in [4.69, 9.17) is 19.4 Å². The van der Waals surface area contributed by atoms with Gasteiger partial charge in [0.2, 0.25) is 11.8 Å². The number of H-pyrrole nitrogens is 2. The highest BCUT2D eigenvalue weighted by atomic mass is 16.5. The largest absolute Gasteiger partial charge is 0.453 e. The maximum Gasteiger partial charge on any atom is 0.407 e. The minimum absolute atomic E-state index is 0.0276. The summed E-state index contributed by atoms with van der Waals surface area (Å²) in [5, 5.41) is 2.74. The second kappa shape index (κ2) is 15.3. The Morgan fingerprint density at radius 2 is 1.54 bits per heavy atom. The van der Waals surface area contributed by atoms with Crippen LogP contribution in [0.3, 0.4) is 0 Å². The molecule has 0 radical (unpaired) electrons. The van der Waals surface area contributed by atoms with Crippen molar-refractivity contribution in [3.63, 3.8) is 0 Å². The molecule has 0 unspecified atom stereocenters. The second-order valence-corrected chi connectivity index (χ2v) is 17.8. The molecule has 3 amide bonds. The highest BCUT2D eigenvalue weighted by Gasteiger charge is 2.55. The number of likely N-dealkylation sites (tertiary alicyclic amines) is 2. The summed E-state index contributed by atoms with van der Waals surface area (Å²) in [5.74, 6) is 8.39. The van der Waals surface area contributed by atoms with Gasteiger partial charge in [-0.25, -0.2) is 14.8 Å². The number of nitrogens with zero attached hydrogens (tertiary/aromatic N) is 4. The van der Waals surface area contributed by atoms with Crippen molar-refractivity contribution in [2.24, 2.45) is 28.6 Å². The number of ether oxygens (including phenoxy) is 2. The molecule has 12 heteroatoms. The third-order valence-electron chi connectivity index (χ3n) is 13.0. The van der Waals surface area contributed by atoms with E-state index in [1.165, 1.54) is 7.11 Å². The van der Waals surface area contributed by atoms with E-state index in [9.17, 15) is 14.4 Å². The summed E-state index contributed by atoms with van der Waals surface area (Å²) < 4.78 is 10.8. The maximum absolute atomic E-state index is 13.8. The molecule has 5 atom stereocenters. The number of hydrogen-bond acceptors (Lipinski definition) is 7. The molecule has 300 valence electrons. The van der Waals surface area contributed by atoms with Crippen LogP contribution in [0.4, 0.5) is 4.79 Å². The molecule has 1 aliphatic carbocycles. The van der Waals surface area contributed by atoms with Crippen molar-refractivity contribution in [2.45, 2.75) is 91.3 Å². The van der Waals surface area contributed by atoms with Crippen molar-refractivity contribution in [1.29, 1.82) is 0 Å². The van der Waals surface area contributed by atoms with Gasteiger partial charge >= 0.3 is 6.09 Å². The van der Waals surface area contributed by atoms with Crippen LogP contribution < -0.4 is 5.32 Å². The summed E-state index contributed by atoms with van der Waals surface area (Å²) in [6.07, 6.45) is 7.17. The monoisotopic (exact) mass is 773 g/mol. The number of alkyl carbamates (subject to hydrolysis) is 1. The normalized spacial score (nSPS) is 23.6. The number of aromatic nitrogens is 4. The molecule has 2 aromatic heterocycles. The van der Waals surface area contributed by atoms with Crippen molar-refractivity contribution >= 4 is 28.9 Å². The minimum Gasteiger partial charge on any atom is -0.453 e. The van der Waals surface area contributed by atoms with Crippen LogP contribution in [0.5, 0.6) is 0 Å². The lowest BCUT2D eigenvalue weighted by Crippen LogP contribution is -2.51. The molecule has 3 aliphatic heterocycles. The van der Waals surface area contributed by atoms with Crippen LogP contribution in [0.25, 0.3) is 22.3 Å². The Balaban J connectivity index is 0.967. The summed E-state index contributed by atoms with van der Waals surface area (Å²) in [4.78, 5) is 60.5. The zero-order chi connectivity index (χ0) is 40.1. The number of nitrogens with one attached hydrogen (secondary N) is 3. The van der Waals surface area contributed by atoms with E-state index >= 15 is 0 Å². The van der Waals surface area contributed by atoms with E-state index in [-0.39, 0.29) is 52.5 Å². The molecule has 4 fully saturated rings. The van der Waals surface area contributed by atoms with Gasteiger partial charge in [-0.1, -0.05) is 58.6 Å². The van der Waals surface area contributed by atoms with E-state index in [0.717, 1.165) is 90.2 Å². The predicted octanol–water partition coefficient (Wildman–Crippen LogP) is 7.15. The lowest BCUT2D eigenvalue weighted by Gasteiger charge is -2.33. The summed E-state index contributed by atoms with van der Waals surface area (Å²) in [6.45, 7) is 12.9. The molecule has 0 bridgehead atoms. The number of imidazole rings is 2. The average molecular weight is 774 g/mol. The predicted molar refractivity (Wildman–Crippen MR) is 217 cm³/mol. The SMILES string of the molecule is COC(=O)N[C@H](C(=O)N1CC2(CC2)C[C@H]1c1ncc(-c2ccc(C#Cc3ccc4nc([C@@H]5C[C@]6(CCCOC6)CN5C(=O)[C@@H](C)C(C)C)[nH]c4c3)cc2)[nH]1)C(C)C. The molecule has 3 saturated heterocycles. The topological polar surface area (TPSA) is 146 Å². The van der Waals surface area contributed by atoms with E-state index in [2.05, 4.69) is 45.9 Å². The van der Waals surface area contributed by atoms with E-state index in [0.29, 0.717) is 19.7 Å². The van der Waals surface area contributed by atoms with Crippen molar-refractivity contribution in [3.8, 4) is 23.1 Å². The Morgan fingerprint density at radius 3 is 2.23 bits per heavy atom. The van der Waals surface area contributed by atoms with Gasteiger partial charge in [0, 0.05) is 42.2 Å². The third kappa shape index (κ3) is 7.78. The second-order valence-electron chi connectivity index (χ2n) is 17.8. The first-order chi connectivity index (χ1) is 27.4. The lowest BCUT2D eigenvalue weighted by molar-refractivity contribution is -0.138. The maximum atomic E-state index is 13.8. The fourth-order valence-electron chi connectivity index (χ4n) is 9.02. The lowest BCUT2D eigenvalue weighted by atomic mass is 9.80. The summed E-state index contributed by atoms with van der Waals surface area (Å²) in [6, 6.07) is 13.1. The molecule has 4 aliphatic rings. The van der Waals surface area contributed by atoms with Crippen molar-refractivity contribution in [1.82, 2.24) is 35.1 Å². The van der Waals surface area contributed by atoms with Gasteiger partial charge in [-0.15, -0.1) is 0 Å². The van der Waals surface area contributed by atoms with E-state index < -0.39 is 12.1 Å². The summed E-state index contributed by atoms with van der Waals surface area (Å²) in [7, 11) is 1.31. The Hall–Kier alpha value is -5.15. The number of amides is 3. The van der Waals surface area contributed by atoms with Crippen LogP contribution >= 0.6 is 0 Å².